The van der Waals surface area contributed by atoms with Gasteiger partial charge in [-0.3, -0.25) is 19.7 Å². The fourth-order valence-electron chi connectivity index (χ4n) is 3.10. The first-order valence-corrected chi connectivity index (χ1v) is 9.51. The van der Waals surface area contributed by atoms with Gasteiger partial charge in [-0.2, -0.15) is 0 Å². The second-order valence-corrected chi connectivity index (χ2v) is 7.27. The molecule has 0 radical (unpaired) electrons. The topological polar surface area (TPSA) is 113 Å². The Morgan fingerprint density at radius 1 is 1.17 bits per heavy atom. The smallest absolute Gasteiger partial charge is 0.288 e. The Bertz CT molecular complexity index is 924. The molecule has 0 saturated carbocycles. The third-order valence-electron chi connectivity index (χ3n) is 4.79. The monoisotopic (exact) mass is 417 g/mol. The van der Waals surface area contributed by atoms with Crippen molar-refractivity contribution in [2.75, 3.05) is 18.4 Å². The molecular formula is C20H20ClN3O5. The third kappa shape index (κ3) is 5.30. The lowest BCUT2D eigenvalue weighted by Crippen LogP contribution is -2.40. The molecule has 2 N–H and O–H groups in total. The molecule has 0 spiro atoms. The van der Waals surface area contributed by atoms with Crippen LogP contribution < -0.4 is 5.32 Å². The van der Waals surface area contributed by atoms with Crippen molar-refractivity contribution in [2.45, 2.75) is 25.4 Å². The SMILES string of the molecule is O=C(Nc1ccc(CC(=O)N2CCC(O)CC2)cc1)c1ccc(Cl)c([N+](=O)[O-])c1. The molecule has 0 bridgehead atoms. The standard InChI is InChI=1S/C20H20ClN3O5/c21-17-6-3-14(12-18(17)24(28)29)20(27)22-15-4-1-13(2-5-15)11-19(26)23-9-7-16(25)8-10-23/h1-6,12,16,25H,7-11H2,(H,22,27). The quantitative estimate of drug-likeness (QED) is 0.573. The number of likely N-dealkylation sites (tertiary alicyclic amines) is 1. The van der Waals surface area contributed by atoms with Gasteiger partial charge in [0.05, 0.1) is 17.4 Å². The maximum atomic E-state index is 12.3. The first kappa shape index (κ1) is 20.8. The van der Waals surface area contributed by atoms with Crippen molar-refractivity contribution in [3.8, 4) is 0 Å². The van der Waals surface area contributed by atoms with Crippen LogP contribution in [0.2, 0.25) is 5.02 Å². The highest BCUT2D eigenvalue weighted by Crippen LogP contribution is 2.25. The van der Waals surface area contributed by atoms with Gasteiger partial charge in [0.2, 0.25) is 5.91 Å². The summed E-state index contributed by atoms with van der Waals surface area (Å²) in [5.41, 5.74) is 1.09. The van der Waals surface area contributed by atoms with Gasteiger partial charge in [0.25, 0.3) is 11.6 Å². The number of nitro benzene ring substituents is 1. The van der Waals surface area contributed by atoms with E-state index in [0.717, 1.165) is 11.6 Å². The Morgan fingerprint density at radius 2 is 1.83 bits per heavy atom. The van der Waals surface area contributed by atoms with Gasteiger partial charge in [-0.1, -0.05) is 23.7 Å². The molecule has 0 unspecified atom stereocenters. The van der Waals surface area contributed by atoms with Crippen molar-refractivity contribution in [3.05, 3.63) is 68.7 Å². The first-order chi connectivity index (χ1) is 13.8. The summed E-state index contributed by atoms with van der Waals surface area (Å²) in [4.78, 5) is 36.7. The van der Waals surface area contributed by atoms with Crippen molar-refractivity contribution >= 4 is 34.8 Å². The number of hydrogen-bond donors (Lipinski definition) is 2. The van der Waals surface area contributed by atoms with E-state index < -0.39 is 10.8 Å². The van der Waals surface area contributed by atoms with Crippen molar-refractivity contribution in [3.63, 3.8) is 0 Å². The summed E-state index contributed by atoms with van der Waals surface area (Å²) >= 11 is 5.76. The molecule has 0 atom stereocenters. The van der Waals surface area contributed by atoms with Crippen molar-refractivity contribution in [2.24, 2.45) is 0 Å². The first-order valence-electron chi connectivity index (χ1n) is 9.13. The molecule has 1 saturated heterocycles. The maximum Gasteiger partial charge on any atom is 0.288 e. The van der Waals surface area contributed by atoms with Gasteiger partial charge < -0.3 is 15.3 Å². The minimum atomic E-state index is -0.645. The zero-order valence-corrected chi connectivity index (χ0v) is 16.3. The Labute approximate surface area is 172 Å². The molecule has 2 aromatic rings. The Morgan fingerprint density at radius 3 is 2.45 bits per heavy atom. The Balaban J connectivity index is 1.60. The van der Waals surface area contributed by atoms with Crippen molar-refractivity contribution in [1.82, 2.24) is 4.90 Å². The lowest BCUT2D eigenvalue weighted by molar-refractivity contribution is -0.384. The van der Waals surface area contributed by atoms with Gasteiger partial charge in [0.15, 0.2) is 0 Å². The third-order valence-corrected chi connectivity index (χ3v) is 5.11. The van der Waals surface area contributed by atoms with E-state index in [-0.39, 0.29) is 34.7 Å². The number of hydrogen-bond acceptors (Lipinski definition) is 5. The predicted molar refractivity (Wildman–Crippen MR) is 108 cm³/mol. The highest BCUT2D eigenvalue weighted by Gasteiger charge is 2.21. The molecule has 8 nitrogen and oxygen atoms in total. The molecule has 0 aliphatic carbocycles. The van der Waals surface area contributed by atoms with Crippen LogP contribution in [-0.2, 0) is 11.2 Å². The summed E-state index contributed by atoms with van der Waals surface area (Å²) in [5, 5.41) is 23.1. The number of amides is 2. The van der Waals surface area contributed by atoms with Crippen LogP contribution in [-0.4, -0.2) is 45.9 Å². The summed E-state index contributed by atoms with van der Waals surface area (Å²) in [5.74, 6) is -0.498. The van der Waals surface area contributed by atoms with Gasteiger partial charge in [-0.15, -0.1) is 0 Å². The number of nitro groups is 1. The molecular weight excluding hydrogens is 398 g/mol. The zero-order valence-electron chi connectivity index (χ0n) is 15.5. The molecule has 1 aliphatic heterocycles. The van der Waals surface area contributed by atoms with E-state index in [1.807, 2.05) is 0 Å². The van der Waals surface area contributed by atoms with E-state index in [4.69, 9.17) is 11.6 Å². The summed E-state index contributed by atoms with van der Waals surface area (Å²) in [7, 11) is 0. The number of nitrogens with one attached hydrogen (secondary N) is 1. The van der Waals surface area contributed by atoms with Crippen LogP contribution in [0, 0.1) is 10.1 Å². The maximum absolute atomic E-state index is 12.3. The number of aliphatic hydroxyl groups excluding tert-OH is 1. The molecule has 1 fully saturated rings. The van der Waals surface area contributed by atoms with E-state index in [1.54, 1.807) is 29.2 Å². The van der Waals surface area contributed by atoms with E-state index >= 15 is 0 Å². The number of aliphatic hydroxyl groups is 1. The number of anilines is 1. The fourth-order valence-corrected chi connectivity index (χ4v) is 3.29. The van der Waals surface area contributed by atoms with E-state index in [0.29, 0.717) is 31.6 Å². The van der Waals surface area contributed by atoms with E-state index in [9.17, 15) is 24.8 Å². The minimum absolute atomic E-state index is 0.00200. The van der Waals surface area contributed by atoms with E-state index in [1.165, 1.54) is 12.1 Å². The second kappa shape index (κ2) is 9.02. The normalized spacial score (nSPS) is 14.5. The van der Waals surface area contributed by atoms with Gasteiger partial charge in [-0.05, 0) is 42.7 Å². The van der Waals surface area contributed by atoms with Gasteiger partial charge in [-0.25, -0.2) is 0 Å². The van der Waals surface area contributed by atoms with Crippen molar-refractivity contribution in [1.29, 1.82) is 0 Å². The number of rotatable bonds is 5. The molecule has 2 amide bonds. The van der Waals surface area contributed by atoms with Crippen LogP contribution in [0.4, 0.5) is 11.4 Å². The number of carbonyl (C=O) groups excluding carboxylic acids is 2. The minimum Gasteiger partial charge on any atom is -0.393 e. The molecule has 3 rings (SSSR count). The molecule has 29 heavy (non-hydrogen) atoms. The van der Waals surface area contributed by atoms with Crippen LogP contribution in [0.1, 0.15) is 28.8 Å². The van der Waals surface area contributed by atoms with Gasteiger partial charge in [0.1, 0.15) is 5.02 Å². The van der Waals surface area contributed by atoms with Crippen LogP contribution in [0.25, 0.3) is 0 Å². The summed E-state index contributed by atoms with van der Waals surface area (Å²) in [6, 6.07) is 10.7. The van der Waals surface area contributed by atoms with Crippen LogP contribution >= 0.6 is 11.6 Å². The highest BCUT2D eigenvalue weighted by molar-refractivity contribution is 6.32. The molecule has 9 heteroatoms. The summed E-state index contributed by atoms with van der Waals surface area (Å²) in [6.07, 6.45) is 1.11. The average Bonchev–Trinajstić information content (AvgIpc) is 2.70. The predicted octanol–water partition coefficient (Wildman–Crippen LogP) is 3.03. The van der Waals surface area contributed by atoms with Gasteiger partial charge in [0, 0.05) is 30.4 Å². The second-order valence-electron chi connectivity index (χ2n) is 6.86. The lowest BCUT2D eigenvalue weighted by atomic mass is 10.1. The molecule has 1 heterocycles. The van der Waals surface area contributed by atoms with Crippen LogP contribution in [0.5, 0.6) is 0 Å². The largest absolute Gasteiger partial charge is 0.393 e. The number of benzene rings is 2. The number of carbonyl (C=O) groups is 2. The molecule has 1 aliphatic rings. The number of halogens is 1. The highest BCUT2D eigenvalue weighted by atomic mass is 35.5. The number of nitrogens with zero attached hydrogens (tertiary/aromatic N) is 2. The lowest BCUT2D eigenvalue weighted by Gasteiger charge is -2.29. The summed E-state index contributed by atoms with van der Waals surface area (Å²) < 4.78 is 0. The summed E-state index contributed by atoms with van der Waals surface area (Å²) in [6.45, 7) is 1.11. The average molecular weight is 418 g/mol. The molecule has 0 aromatic heterocycles. The zero-order chi connectivity index (χ0) is 21.0. The van der Waals surface area contributed by atoms with Gasteiger partial charge >= 0.3 is 0 Å². The number of piperidine rings is 1. The molecule has 152 valence electrons. The van der Waals surface area contributed by atoms with Crippen molar-refractivity contribution < 1.29 is 19.6 Å². The van der Waals surface area contributed by atoms with E-state index in [2.05, 4.69) is 5.32 Å². The fraction of sp³-hybridized carbons (Fsp3) is 0.300. The van der Waals surface area contributed by atoms with Crippen LogP contribution in [0.15, 0.2) is 42.5 Å². The van der Waals surface area contributed by atoms with Crippen LogP contribution in [0.3, 0.4) is 0 Å². The molecule has 2 aromatic carbocycles. The Hall–Kier alpha value is -2.97. The Kier molecular flexibility index (Phi) is 6.46.